The number of aromatic amines is 1. The van der Waals surface area contributed by atoms with Gasteiger partial charge < -0.3 is 15.2 Å². The van der Waals surface area contributed by atoms with Gasteiger partial charge in [-0.3, -0.25) is 9.59 Å². The molecule has 1 atom stereocenters. The predicted molar refractivity (Wildman–Crippen MR) is 131 cm³/mol. The van der Waals surface area contributed by atoms with Crippen LogP contribution in [0.3, 0.4) is 0 Å². The lowest BCUT2D eigenvalue weighted by Gasteiger charge is -2.31. The number of piperidine rings is 1. The number of carbonyl (C=O) groups excluding carboxylic acids is 2. The quantitative estimate of drug-likeness (QED) is 0.673. The second-order valence-corrected chi connectivity index (χ2v) is 11.4. The van der Waals surface area contributed by atoms with E-state index in [2.05, 4.69) is 10.3 Å². The van der Waals surface area contributed by atoms with E-state index in [1.807, 2.05) is 32.0 Å². The van der Waals surface area contributed by atoms with Gasteiger partial charge in [-0.05, 0) is 68.9 Å². The fourth-order valence-corrected chi connectivity index (χ4v) is 6.20. The van der Waals surface area contributed by atoms with E-state index in [1.54, 1.807) is 4.90 Å². The van der Waals surface area contributed by atoms with Gasteiger partial charge in [0.15, 0.2) is 0 Å². The lowest BCUT2D eigenvalue weighted by molar-refractivity contribution is -0.120. The topological polar surface area (TPSA) is 103 Å². The fraction of sp³-hybridized carbons (Fsp3) is 0.520. The van der Waals surface area contributed by atoms with Gasteiger partial charge in [-0.1, -0.05) is 18.9 Å². The summed E-state index contributed by atoms with van der Waals surface area (Å²) in [6, 6.07) is 7.17. The maximum absolute atomic E-state index is 13.3. The van der Waals surface area contributed by atoms with Crippen molar-refractivity contribution in [2.45, 2.75) is 57.3 Å². The van der Waals surface area contributed by atoms with Gasteiger partial charge in [0.1, 0.15) is 10.6 Å². The number of anilines is 1. The first-order valence-electron chi connectivity index (χ1n) is 12.1. The molecule has 2 fully saturated rings. The fourth-order valence-electron chi connectivity index (χ4n) is 4.68. The molecule has 3 heterocycles. The number of aromatic nitrogens is 1. The molecule has 8 nitrogen and oxygen atoms in total. The molecule has 2 aliphatic heterocycles. The van der Waals surface area contributed by atoms with Crippen molar-refractivity contribution in [2.75, 3.05) is 31.5 Å². The summed E-state index contributed by atoms with van der Waals surface area (Å²) in [6.07, 6.45) is 6.79. The van der Waals surface area contributed by atoms with Crippen molar-refractivity contribution in [2.24, 2.45) is 5.92 Å². The highest BCUT2D eigenvalue weighted by Gasteiger charge is 2.34. The summed E-state index contributed by atoms with van der Waals surface area (Å²) in [5.74, 6) is -0.760. The molecule has 184 valence electrons. The Kier molecular flexibility index (Phi) is 7.42. The summed E-state index contributed by atoms with van der Waals surface area (Å²) in [4.78, 5) is 30.5. The largest absolute Gasteiger partial charge is 0.356 e. The van der Waals surface area contributed by atoms with Gasteiger partial charge in [0.2, 0.25) is 15.9 Å². The summed E-state index contributed by atoms with van der Waals surface area (Å²) >= 11 is 0. The molecule has 2 aliphatic rings. The summed E-state index contributed by atoms with van der Waals surface area (Å²) < 4.78 is 28.0. The zero-order chi connectivity index (χ0) is 24.3. The summed E-state index contributed by atoms with van der Waals surface area (Å²) in [5.41, 5.74) is 3.24. The Morgan fingerprint density at radius 1 is 0.971 bits per heavy atom. The van der Waals surface area contributed by atoms with Crippen LogP contribution < -0.4 is 5.32 Å². The minimum Gasteiger partial charge on any atom is -0.356 e. The zero-order valence-electron chi connectivity index (χ0n) is 20.0. The number of likely N-dealkylation sites (tertiary alicyclic amines) is 1. The third-order valence-corrected chi connectivity index (χ3v) is 8.79. The number of hydrogen-bond donors (Lipinski definition) is 2. The number of H-pyrrole nitrogens is 1. The van der Waals surface area contributed by atoms with Crippen LogP contribution in [0.5, 0.6) is 0 Å². The third kappa shape index (κ3) is 5.36. The van der Waals surface area contributed by atoms with E-state index in [1.165, 1.54) is 16.6 Å². The van der Waals surface area contributed by atoms with Crippen LogP contribution in [0.2, 0.25) is 0 Å². The molecular formula is C25H34N4O4S. The van der Waals surface area contributed by atoms with E-state index in [0.717, 1.165) is 42.5 Å². The van der Waals surface area contributed by atoms with E-state index in [-0.39, 0.29) is 23.3 Å². The van der Waals surface area contributed by atoms with Crippen LogP contribution >= 0.6 is 0 Å². The molecule has 9 heteroatoms. The van der Waals surface area contributed by atoms with E-state index in [0.29, 0.717) is 38.2 Å². The van der Waals surface area contributed by atoms with E-state index in [4.69, 9.17) is 0 Å². The maximum atomic E-state index is 13.3. The van der Waals surface area contributed by atoms with Crippen LogP contribution in [0, 0.1) is 19.8 Å². The van der Waals surface area contributed by atoms with Gasteiger partial charge in [-0.15, -0.1) is 0 Å². The van der Waals surface area contributed by atoms with Gasteiger partial charge in [-0.25, -0.2) is 8.42 Å². The molecule has 0 bridgehead atoms. The zero-order valence-corrected chi connectivity index (χ0v) is 20.8. The Morgan fingerprint density at radius 2 is 1.71 bits per heavy atom. The van der Waals surface area contributed by atoms with Gasteiger partial charge in [0, 0.05) is 38.1 Å². The lowest BCUT2D eigenvalue weighted by atomic mass is 9.98. The number of nitrogens with one attached hydrogen (secondary N) is 2. The van der Waals surface area contributed by atoms with Crippen molar-refractivity contribution in [1.29, 1.82) is 0 Å². The van der Waals surface area contributed by atoms with Gasteiger partial charge in [0.25, 0.3) is 5.91 Å². The Hall–Kier alpha value is -2.65. The Labute approximate surface area is 201 Å². The first-order chi connectivity index (χ1) is 16.3. The second kappa shape index (κ2) is 10.3. The number of aryl methyl sites for hydroxylation is 2. The summed E-state index contributed by atoms with van der Waals surface area (Å²) in [5, 5.41) is 2.94. The van der Waals surface area contributed by atoms with Gasteiger partial charge in [-0.2, -0.15) is 4.31 Å². The predicted octanol–water partition coefficient (Wildman–Crippen LogP) is 3.69. The molecule has 0 aliphatic carbocycles. The summed E-state index contributed by atoms with van der Waals surface area (Å²) in [6.45, 7) is 5.88. The Morgan fingerprint density at radius 3 is 2.41 bits per heavy atom. The van der Waals surface area contributed by atoms with Crippen molar-refractivity contribution in [3.8, 4) is 0 Å². The van der Waals surface area contributed by atoms with Crippen LogP contribution in [0.4, 0.5) is 5.69 Å². The van der Waals surface area contributed by atoms with E-state index in [9.17, 15) is 18.0 Å². The summed E-state index contributed by atoms with van der Waals surface area (Å²) in [7, 11) is -3.81. The van der Waals surface area contributed by atoms with Crippen LogP contribution in [0.25, 0.3) is 0 Å². The second-order valence-electron chi connectivity index (χ2n) is 9.45. The molecule has 2 aromatic rings. The molecule has 0 spiro atoms. The normalized spacial score (nSPS) is 20.1. The number of sulfonamides is 1. The first-order valence-corrected chi connectivity index (χ1v) is 13.6. The van der Waals surface area contributed by atoms with Gasteiger partial charge in [0.05, 0.1) is 5.92 Å². The van der Waals surface area contributed by atoms with Gasteiger partial charge >= 0.3 is 0 Å². The molecule has 4 rings (SSSR count). The van der Waals surface area contributed by atoms with E-state index >= 15 is 0 Å². The SMILES string of the molecule is Cc1ccc(NC(=O)[C@H]2CCCN(S(=O)(=O)c3c[nH]c(C(=O)N4CCCCCC4)c3)C2)cc1C. The lowest BCUT2D eigenvalue weighted by Crippen LogP contribution is -2.43. The monoisotopic (exact) mass is 486 g/mol. The molecule has 1 aromatic carbocycles. The first kappa shape index (κ1) is 24.5. The maximum Gasteiger partial charge on any atom is 0.270 e. The number of carbonyl (C=O) groups is 2. The molecule has 34 heavy (non-hydrogen) atoms. The molecule has 2 saturated heterocycles. The molecular weight excluding hydrogens is 452 g/mol. The number of hydrogen-bond acceptors (Lipinski definition) is 4. The molecule has 0 radical (unpaired) electrons. The number of rotatable bonds is 5. The van der Waals surface area contributed by atoms with Crippen molar-refractivity contribution < 1.29 is 18.0 Å². The highest BCUT2D eigenvalue weighted by Crippen LogP contribution is 2.26. The highest BCUT2D eigenvalue weighted by molar-refractivity contribution is 7.89. The average molecular weight is 487 g/mol. The number of amides is 2. The van der Waals surface area contributed by atoms with Crippen LogP contribution in [-0.2, 0) is 14.8 Å². The van der Waals surface area contributed by atoms with Crippen molar-refractivity contribution in [3.63, 3.8) is 0 Å². The average Bonchev–Trinajstić information content (AvgIpc) is 3.18. The molecule has 0 saturated carbocycles. The van der Waals surface area contributed by atoms with Crippen molar-refractivity contribution in [3.05, 3.63) is 47.3 Å². The minimum atomic E-state index is -3.81. The minimum absolute atomic E-state index is 0.0703. The molecule has 2 amide bonds. The van der Waals surface area contributed by atoms with Crippen molar-refractivity contribution >= 4 is 27.5 Å². The van der Waals surface area contributed by atoms with E-state index < -0.39 is 15.9 Å². The van der Waals surface area contributed by atoms with Crippen LogP contribution in [-0.4, -0.2) is 60.6 Å². The Balaban J connectivity index is 1.43. The number of benzene rings is 1. The number of nitrogens with zero attached hydrogens (tertiary/aromatic N) is 2. The van der Waals surface area contributed by atoms with Crippen LogP contribution in [0.15, 0.2) is 35.4 Å². The van der Waals surface area contributed by atoms with Crippen LogP contribution in [0.1, 0.15) is 60.1 Å². The van der Waals surface area contributed by atoms with Crippen molar-refractivity contribution in [1.82, 2.24) is 14.2 Å². The highest BCUT2D eigenvalue weighted by atomic mass is 32.2. The smallest absolute Gasteiger partial charge is 0.270 e. The molecule has 0 unspecified atom stereocenters. The third-order valence-electron chi connectivity index (χ3n) is 6.95. The molecule has 2 N–H and O–H groups in total. The Bertz CT molecular complexity index is 1150. The standard InChI is InChI=1S/C25H34N4O4S/c1-18-9-10-21(14-19(18)2)27-24(30)20-8-7-13-29(17-20)34(32,33)22-15-23(26-16-22)25(31)28-11-5-3-4-6-12-28/h9-10,14-16,20,26H,3-8,11-13,17H2,1-2H3,(H,27,30)/t20-/m0/s1. The molecule has 1 aromatic heterocycles.